The Balaban J connectivity index is 1.22. The Labute approximate surface area is 179 Å². The largest absolute Gasteiger partial charge is 0.346 e. The lowest BCUT2D eigenvalue weighted by Gasteiger charge is -2.08. The van der Waals surface area contributed by atoms with E-state index in [1.807, 2.05) is 42.5 Å². The second-order valence-corrected chi connectivity index (χ2v) is 7.27. The monoisotopic (exact) mass is 417 g/mol. The van der Waals surface area contributed by atoms with E-state index in [4.69, 9.17) is 0 Å². The van der Waals surface area contributed by atoms with Gasteiger partial charge in [0, 0.05) is 24.7 Å². The van der Waals surface area contributed by atoms with Gasteiger partial charge in [-0.05, 0) is 54.9 Å². The maximum absolute atomic E-state index is 13.6. The summed E-state index contributed by atoms with van der Waals surface area (Å²) < 4.78 is 13.6. The third-order valence-electron chi connectivity index (χ3n) is 5.01. The number of aromatic amines is 1. The van der Waals surface area contributed by atoms with Crippen LogP contribution >= 0.6 is 0 Å². The number of halogens is 1. The first kappa shape index (κ1) is 20.7. The highest BCUT2D eigenvalue weighted by atomic mass is 19.1. The quantitative estimate of drug-likeness (QED) is 0.365. The molecule has 2 aromatic heterocycles. The van der Waals surface area contributed by atoms with E-state index in [1.165, 1.54) is 18.3 Å². The highest BCUT2D eigenvalue weighted by molar-refractivity contribution is 5.94. The molecule has 0 fully saturated rings. The summed E-state index contributed by atoms with van der Waals surface area (Å²) in [5, 5.41) is 6.14. The van der Waals surface area contributed by atoms with E-state index in [-0.39, 0.29) is 18.1 Å². The molecule has 0 saturated carbocycles. The van der Waals surface area contributed by atoms with Gasteiger partial charge < -0.3 is 15.6 Å². The van der Waals surface area contributed by atoms with Crippen LogP contribution in [-0.4, -0.2) is 33.9 Å². The van der Waals surface area contributed by atoms with E-state index in [2.05, 4.69) is 25.6 Å². The molecule has 4 aromatic rings. The zero-order chi connectivity index (χ0) is 21.5. The fourth-order valence-corrected chi connectivity index (χ4v) is 3.37. The van der Waals surface area contributed by atoms with Gasteiger partial charge in [0.15, 0.2) is 0 Å². The number of hydrogen-bond donors (Lipinski definition) is 3. The number of amides is 1. The van der Waals surface area contributed by atoms with Crippen LogP contribution in [0.5, 0.6) is 0 Å². The summed E-state index contributed by atoms with van der Waals surface area (Å²) in [4.78, 5) is 24.3. The number of H-pyrrole nitrogens is 1. The van der Waals surface area contributed by atoms with Crippen molar-refractivity contribution in [1.29, 1.82) is 0 Å². The van der Waals surface area contributed by atoms with Gasteiger partial charge in [-0.1, -0.05) is 24.3 Å². The molecule has 0 unspecified atom stereocenters. The van der Waals surface area contributed by atoms with Gasteiger partial charge in [-0.25, -0.2) is 9.37 Å². The molecule has 0 spiro atoms. The van der Waals surface area contributed by atoms with Crippen LogP contribution in [0.4, 0.5) is 4.39 Å². The summed E-state index contributed by atoms with van der Waals surface area (Å²) in [7, 11) is 0. The van der Waals surface area contributed by atoms with Crippen LogP contribution in [-0.2, 0) is 19.4 Å². The van der Waals surface area contributed by atoms with Crippen LogP contribution in [0.15, 0.2) is 66.9 Å². The zero-order valence-corrected chi connectivity index (χ0v) is 17.1. The molecule has 158 valence electrons. The number of para-hydroxylation sites is 2. The van der Waals surface area contributed by atoms with E-state index in [0.717, 1.165) is 48.4 Å². The normalized spacial score (nSPS) is 11.0. The Morgan fingerprint density at radius 1 is 1.00 bits per heavy atom. The minimum atomic E-state index is -0.426. The molecule has 4 rings (SSSR count). The number of carbonyl (C=O) groups is 1. The maximum Gasteiger partial charge on any atom is 0.251 e. The number of fused-ring (bicyclic) bond motifs is 1. The topological polar surface area (TPSA) is 82.7 Å². The lowest BCUT2D eigenvalue weighted by Crippen LogP contribution is -2.24. The predicted molar refractivity (Wildman–Crippen MR) is 118 cm³/mol. The fraction of sp³-hybridized carbons (Fsp3) is 0.208. The average Bonchev–Trinajstić information content (AvgIpc) is 3.21. The van der Waals surface area contributed by atoms with Gasteiger partial charge in [-0.2, -0.15) is 0 Å². The summed E-state index contributed by atoms with van der Waals surface area (Å²) in [5.41, 5.74) is 3.88. The third-order valence-corrected chi connectivity index (χ3v) is 5.01. The van der Waals surface area contributed by atoms with Crippen LogP contribution in [0.3, 0.4) is 0 Å². The fourth-order valence-electron chi connectivity index (χ4n) is 3.37. The molecule has 31 heavy (non-hydrogen) atoms. The lowest BCUT2D eigenvalue weighted by atomic mass is 10.1. The van der Waals surface area contributed by atoms with Gasteiger partial charge in [-0.3, -0.25) is 9.78 Å². The Morgan fingerprint density at radius 2 is 1.87 bits per heavy atom. The molecule has 1 amide bonds. The number of aromatic nitrogens is 3. The number of pyridine rings is 1. The van der Waals surface area contributed by atoms with Gasteiger partial charge in [0.1, 0.15) is 11.6 Å². The summed E-state index contributed by atoms with van der Waals surface area (Å²) in [6.45, 7) is 1.67. The second kappa shape index (κ2) is 9.95. The first-order chi connectivity index (χ1) is 15.2. The van der Waals surface area contributed by atoms with Crippen molar-refractivity contribution in [2.24, 2.45) is 0 Å². The number of nitrogens with one attached hydrogen (secondary N) is 3. The number of carbonyl (C=O) groups excluding carboxylic acids is 1. The van der Waals surface area contributed by atoms with Gasteiger partial charge in [0.2, 0.25) is 0 Å². The lowest BCUT2D eigenvalue weighted by molar-refractivity contribution is 0.0950. The van der Waals surface area contributed by atoms with Crippen molar-refractivity contribution >= 4 is 16.9 Å². The van der Waals surface area contributed by atoms with E-state index in [0.29, 0.717) is 5.56 Å². The number of rotatable bonds is 9. The molecule has 2 aromatic carbocycles. The van der Waals surface area contributed by atoms with Crippen molar-refractivity contribution in [2.75, 3.05) is 13.1 Å². The standard InChI is InChI=1S/C24H24FN5O/c25-19-7-4-12-27-22(19)16-28-24(31)18-6-3-5-17(15-18)10-13-26-14-11-23-29-20-8-1-2-9-21(20)30-23/h1-9,12,15,26H,10-11,13-14,16H2,(H,28,31)(H,29,30). The van der Waals surface area contributed by atoms with Crippen molar-refractivity contribution in [3.63, 3.8) is 0 Å². The number of benzene rings is 2. The Bertz CT molecular complexity index is 1140. The molecule has 0 aliphatic carbocycles. The molecule has 0 atom stereocenters. The molecule has 2 heterocycles. The second-order valence-electron chi connectivity index (χ2n) is 7.27. The molecule has 6 nitrogen and oxygen atoms in total. The third kappa shape index (κ3) is 5.52. The summed E-state index contributed by atoms with van der Waals surface area (Å²) >= 11 is 0. The molecule has 0 radical (unpaired) electrons. The zero-order valence-electron chi connectivity index (χ0n) is 17.1. The van der Waals surface area contributed by atoms with Crippen LogP contribution in [0, 0.1) is 5.82 Å². The van der Waals surface area contributed by atoms with Crippen molar-refractivity contribution in [3.8, 4) is 0 Å². The van der Waals surface area contributed by atoms with Gasteiger partial charge in [0.25, 0.3) is 5.91 Å². The summed E-state index contributed by atoms with van der Waals surface area (Å²) in [6.07, 6.45) is 3.13. The highest BCUT2D eigenvalue weighted by Crippen LogP contribution is 2.10. The molecule has 3 N–H and O–H groups in total. The molecular formula is C24H24FN5O. The van der Waals surface area contributed by atoms with Crippen molar-refractivity contribution in [3.05, 3.63) is 95.3 Å². The number of nitrogens with zero attached hydrogens (tertiary/aromatic N) is 2. The summed E-state index contributed by atoms with van der Waals surface area (Å²) in [6, 6.07) is 18.3. The Kier molecular flexibility index (Phi) is 6.64. The van der Waals surface area contributed by atoms with Crippen molar-refractivity contribution in [2.45, 2.75) is 19.4 Å². The molecule has 0 aliphatic rings. The highest BCUT2D eigenvalue weighted by Gasteiger charge is 2.09. The molecular weight excluding hydrogens is 393 g/mol. The van der Waals surface area contributed by atoms with Crippen LogP contribution in [0.2, 0.25) is 0 Å². The van der Waals surface area contributed by atoms with Crippen molar-refractivity contribution in [1.82, 2.24) is 25.6 Å². The van der Waals surface area contributed by atoms with E-state index < -0.39 is 5.82 Å². The minimum Gasteiger partial charge on any atom is -0.346 e. The molecule has 0 saturated heterocycles. The Morgan fingerprint density at radius 3 is 2.74 bits per heavy atom. The molecule has 0 aliphatic heterocycles. The van der Waals surface area contributed by atoms with E-state index >= 15 is 0 Å². The van der Waals surface area contributed by atoms with Crippen LogP contribution in [0.1, 0.15) is 27.4 Å². The summed E-state index contributed by atoms with van der Waals surface area (Å²) in [5.74, 6) is 0.298. The predicted octanol–water partition coefficient (Wildman–Crippen LogP) is 3.40. The van der Waals surface area contributed by atoms with Crippen LogP contribution in [0.25, 0.3) is 11.0 Å². The van der Waals surface area contributed by atoms with Crippen LogP contribution < -0.4 is 10.6 Å². The SMILES string of the molecule is O=C(NCc1ncccc1F)c1cccc(CCNCCc2nc3ccccc3[nH]2)c1. The first-order valence-electron chi connectivity index (χ1n) is 10.3. The van der Waals surface area contributed by atoms with E-state index in [1.54, 1.807) is 6.07 Å². The first-order valence-corrected chi connectivity index (χ1v) is 10.3. The van der Waals surface area contributed by atoms with Gasteiger partial charge in [-0.15, -0.1) is 0 Å². The van der Waals surface area contributed by atoms with Gasteiger partial charge >= 0.3 is 0 Å². The van der Waals surface area contributed by atoms with E-state index in [9.17, 15) is 9.18 Å². The Hall–Kier alpha value is -3.58. The maximum atomic E-state index is 13.6. The molecule has 0 bridgehead atoms. The van der Waals surface area contributed by atoms with Crippen molar-refractivity contribution < 1.29 is 9.18 Å². The smallest absolute Gasteiger partial charge is 0.251 e. The average molecular weight is 417 g/mol. The number of imidazole rings is 1. The van der Waals surface area contributed by atoms with Gasteiger partial charge in [0.05, 0.1) is 23.3 Å². The minimum absolute atomic E-state index is 0.0546. The molecule has 7 heteroatoms. The number of hydrogen-bond acceptors (Lipinski definition) is 4.